The molecule has 1 fully saturated rings. The number of hydrogen-bond donors (Lipinski definition) is 4. The molecule has 0 aromatic heterocycles. The maximum atomic E-state index is 11.3. The lowest BCUT2D eigenvalue weighted by Gasteiger charge is -2.11. The zero-order valence-electron chi connectivity index (χ0n) is 10.7. The van der Waals surface area contributed by atoms with E-state index in [0.717, 1.165) is 44.6 Å². The number of carbonyl (C=O) groups excluding carboxylic acids is 2. The molecule has 102 valence electrons. The van der Waals surface area contributed by atoms with Gasteiger partial charge in [-0.05, 0) is 25.7 Å². The van der Waals surface area contributed by atoms with Crippen LogP contribution in [0.4, 0.5) is 0 Å². The highest BCUT2D eigenvalue weighted by atomic mass is 16.2. The molecule has 0 aliphatic carbocycles. The van der Waals surface area contributed by atoms with Crippen LogP contribution < -0.4 is 21.3 Å². The molecule has 4 N–H and O–H groups in total. The smallest absolute Gasteiger partial charge is 0.309 e. The van der Waals surface area contributed by atoms with Crippen LogP contribution in [0.3, 0.4) is 0 Å². The Morgan fingerprint density at radius 2 is 1.00 bits per heavy atom. The molecule has 1 heterocycles. The van der Waals surface area contributed by atoms with E-state index < -0.39 is 11.8 Å². The summed E-state index contributed by atoms with van der Waals surface area (Å²) in [6.45, 7) is 6.54. The summed E-state index contributed by atoms with van der Waals surface area (Å²) in [5.41, 5.74) is 0. The Labute approximate surface area is 108 Å². The second-order valence-corrected chi connectivity index (χ2v) is 4.26. The van der Waals surface area contributed by atoms with E-state index in [1.807, 2.05) is 0 Å². The van der Waals surface area contributed by atoms with Crippen molar-refractivity contribution >= 4 is 11.8 Å². The zero-order valence-corrected chi connectivity index (χ0v) is 10.7. The first-order valence-electron chi connectivity index (χ1n) is 6.43. The van der Waals surface area contributed by atoms with Gasteiger partial charge in [0, 0.05) is 26.2 Å². The lowest BCUT2D eigenvalue weighted by Crippen LogP contribution is -2.40. The standard InChI is InChI=1S/C12H22N4O2/c1-10-13-6-2-4-8-15-11(17)12(18)16-9-5-3-7-14-10/h13-14H,1-9H2,(H,15,17)(H,16,18). The van der Waals surface area contributed by atoms with Crippen LogP contribution in [0.5, 0.6) is 0 Å². The van der Waals surface area contributed by atoms with Crippen LogP contribution in [-0.2, 0) is 9.59 Å². The molecule has 0 radical (unpaired) electrons. The summed E-state index contributed by atoms with van der Waals surface area (Å²) in [5, 5.41) is 11.5. The molecule has 2 amide bonds. The van der Waals surface area contributed by atoms with Gasteiger partial charge in [0.1, 0.15) is 0 Å². The Balaban J connectivity index is 2.35. The van der Waals surface area contributed by atoms with Gasteiger partial charge in [-0.3, -0.25) is 9.59 Å². The van der Waals surface area contributed by atoms with Crippen LogP contribution >= 0.6 is 0 Å². The van der Waals surface area contributed by atoms with Gasteiger partial charge >= 0.3 is 11.8 Å². The first kappa shape index (κ1) is 14.3. The minimum absolute atomic E-state index is 0.522. The Kier molecular flexibility index (Phi) is 6.68. The normalized spacial score (nSPS) is 20.6. The van der Waals surface area contributed by atoms with E-state index in [9.17, 15) is 9.59 Å². The van der Waals surface area contributed by atoms with Crippen molar-refractivity contribution in [2.75, 3.05) is 26.2 Å². The first-order chi connectivity index (χ1) is 8.70. The minimum atomic E-state index is -0.541. The monoisotopic (exact) mass is 254 g/mol. The second-order valence-electron chi connectivity index (χ2n) is 4.26. The van der Waals surface area contributed by atoms with Crippen molar-refractivity contribution in [2.45, 2.75) is 25.7 Å². The molecule has 0 aromatic rings. The Morgan fingerprint density at radius 1 is 0.667 bits per heavy atom. The van der Waals surface area contributed by atoms with E-state index in [1.54, 1.807) is 0 Å². The fraction of sp³-hybridized carbons (Fsp3) is 0.667. The van der Waals surface area contributed by atoms with Crippen molar-refractivity contribution in [2.24, 2.45) is 0 Å². The molecule has 1 rings (SSSR count). The topological polar surface area (TPSA) is 82.3 Å². The third-order valence-electron chi connectivity index (χ3n) is 2.66. The van der Waals surface area contributed by atoms with Crippen LogP contribution in [0.15, 0.2) is 12.4 Å². The number of carbonyl (C=O) groups is 2. The molecule has 0 bridgehead atoms. The number of hydrogen-bond acceptors (Lipinski definition) is 4. The van der Waals surface area contributed by atoms with Crippen molar-refractivity contribution in [3.63, 3.8) is 0 Å². The Hall–Kier alpha value is -1.72. The van der Waals surface area contributed by atoms with E-state index in [1.165, 1.54) is 0 Å². The average Bonchev–Trinajstić information content (AvgIpc) is 2.36. The van der Waals surface area contributed by atoms with Crippen LogP contribution in [-0.4, -0.2) is 38.0 Å². The SMILES string of the molecule is C=C1NCCCCNC(=O)C(=O)NCCCCN1. The molecule has 0 unspecified atom stereocenters. The average molecular weight is 254 g/mol. The molecule has 18 heavy (non-hydrogen) atoms. The molecule has 6 heteroatoms. The summed E-state index contributed by atoms with van der Waals surface area (Å²) in [6, 6.07) is 0. The molecule has 1 saturated heterocycles. The van der Waals surface area contributed by atoms with Crippen LogP contribution in [0.2, 0.25) is 0 Å². The van der Waals surface area contributed by atoms with Gasteiger partial charge in [0.15, 0.2) is 0 Å². The van der Waals surface area contributed by atoms with Crippen molar-refractivity contribution in [1.82, 2.24) is 21.3 Å². The van der Waals surface area contributed by atoms with E-state index in [0.29, 0.717) is 13.1 Å². The van der Waals surface area contributed by atoms with Gasteiger partial charge in [0.2, 0.25) is 0 Å². The number of nitrogens with one attached hydrogen (secondary N) is 4. The fourth-order valence-corrected chi connectivity index (χ4v) is 1.61. The van der Waals surface area contributed by atoms with Crippen molar-refractivity contribution in [3.05, 3.63) is 12.4 Å². The highest BCUT2D eigenvalue weighted by molar-refractivity contribution is 6.35. The minimum Gasteiger partial charge on any atom is -0.372 e. The predicted molar refractivity (Wildman–Crippen MR) is 69.6 cm³/mol. The van der Waals surface area contributed by atoms with Gasteiger partial charge in [0.05, 0.1) is 5.82 Å². The Morgan fingerprint density at radius 3 is 1.39 bits per heavy atom. The highest BCUT2D eigenvalue weighted by Crippen LogP contribution is 1.90. The van der Waals surface area contributed by atoms with E-state index in [4.69, 9.17) is 0 Å². The molecule has 6 nitrogen and oxygen atoms in total. The summed E-state index contributed by atoms with van der Waals surface area (Å²) < 4.78 is 0. The first-order valence-corrected chi connectivity index (χ1v) is 6.43. The number of amides is 2. The molecule has 1 aliphatic rings. The summed E-state index contributed by atoms with van der Waals surface area (Å²) in [6.07, 6.45) is 3.50. The molecule has 0 aromatic carbocycles. The van der Waals surface area contributed by atoms with Gasteiger partial charge in [0.25, 0.3) is 0 Å². The zero-order chi connectivity index (χ0) is 13.2. The molecule has 0 atom stereocenters. The largest absolute Gasteiger partial charge is 0.372 e. The third kappa shape index (κ3) is 6.12. The quantitative estimate of drug-likeness (QED) is 0.437. The van der Waals surface area contributed by atoms with Gasteiger partial charge in [-0.15, -0.1) is 0 Å². The van der Waals surface area contributed by atoms with Crippen LogP contribution in [0.1, 0.15) is 25.7 Å². The summed E-state index contributed by atoms with van der Waals surface area (Å²) in [5.74, 6) is -0.251. The molecule has 1 aliphatic heterocycles. The van der Waals surface area contributed by atoms with Gasteiger partial charge < -0.3 is 21.3 Å². The highest BCUT2D eigenvalue weighted by Gasteiger charge is 2.11. The van der Waals surface area contributed by atoms with Crippen LogP contribution in [0, 0.1) is 0 Å². The Bertz CT molecular complexity index is 276. The second kappa shape index (κ2) is 8.38. The molecular formula is C12H22N4O2. The van der Waals surface area contributed by atoms with Crippen molar-refractivity contribution in [1.29, 1.82) is 0 Å². The lowest BCUT2D eigenvalue weighted by atomic mass is 10.3. The lowest BCUT2D eigenvalue weighted by molar-refractivity contribution is -0.139. The fourth-order valence-electron chi connectivity index (χ4n) is 1.61. The van der Waals surface area contributed by atoms with Gasteiger partial charge in [-0.1, -0.05) is 6.58 Å². The van der Waals surface area contributed by atoms with Crippen molar-refractivity contribution < 1.29 is 9.59 Å². The van der Waals surface area contributed by atoms with E-state index >= 15 is 0 Å². The third-order valence-corrected chi connectivity index (χ3v) is 2.66. The van der Waals surface area contributed by atoms with E-state index in [-0.39, 0.29) is 0 Å². The molecule has 0 spiro atoms. The predicted octanol–water partition coefficient (Wildman–Crippen LogP) is -0.557. The van der Waals surface area contributed by atoms with Gasteiger partial charge in [-0.2, -0.15) is 0 Å². The van der Waals surface area contributed by atoms with E-state index in [2.05, 4.69) is 27.8 Å². The maximum absolute atomic E-state index is 11.3. The maximum Gasteiger partial charge on any atom is 0.309 e. The summed E-state index contributed by atoms with van der Waals surface area (Å²) in [4.78, 5) is 22.7. The van der Waals surface area contributed by atoms with Crippen LogP contribution in [0.25, 0.3) is 0 Å². The number of rotatable bonds is 0. The summed E-state index contributed by atoms with van der Waals surface area (Å²) in [7, 11) is 0. The molecule has 0 saturated carbocycles. The van der Waals surface area contributed by atoms with Crippen molar-refractivity contribution in [3.8, 4) is 0 Å². The summed E-state index contributed by atoms with van der Waals surface area (Å²) >= 11 is 0. The molecular weight excluding hydrogens is 232 g/mol. The van der Waals surface area contributed by atoms with Gasteiger partial charge in [-0.25, -0.2) is 0 Å².